The summed E-state index contributed by atoms with van der Waals surface area (Å²) in [5.41, 5.74) is 1.05. The third-order valence-corrected chi connectivity index (χ3v) is 2.75. The lowest BCUT2D eigenvalue weighted by molar-refractivity contribution is 0.0520. The smallest absolute Gasteiger partial charge is 0.361 e. The minimum atomic E-state index is -0.560. The van der Waals surface area contributed by atoms with Crippen LogP contribution in [0.25, 0.3) is 11.3 Å². The zero-order chi connectivity index (χ0) is 15.9. The Bertz CT molecular complexity index is 705. The Morgan fingerprint density at radius 3 is 2.86 bits per heavy atom. The molecule has 8 heteroatoms. The van der Waals surface area contributed by atoms with Gasteiger partial charge in [-0.2, -0.15) is 15.6 Å². The molecule has 0 saturated heterocycles. The summed E-state index contributed by atoms with van der Waals surface area (Å²) in [7, 11) is 1.48. The molecule has 0 atom stereocenters. The number of carbonyl (C=O) groups is 1. The summed E-state index contributed by atoms with van der Waals surface area (Å²) in [6.45, 7) is 1.87. The fourth-order valence-corrected chi connectivity index (χ4v) is 1.82. The fraction of sp³-hybridized carbons (Fsp3) is 0.286. The van der Waals surface area contributed by atoms with Crippen LogP contribution >= 0.6 is 0 Å². The maximum atomic E-state index is 11.8. The molecule has 1 aromatic carbocycles. The number of carbonyl (C=O) groups excluding carboxylic acids is 1. The first-order chi connectivity index (χ1) is 10.7. The van der Waals surface area contributed by atoms with Crippen molar-refractivity contribution in [3.8, 4) is 28.8 Å². The lowest BCUT2D eigenvalue weighted by Gasteiger charge is -2.09. The molecule has 0 spiro atoms. The summed E-state index contributed by atoms with van der Waals surface area (Å²) in [5, 5.41) is 18.7. The van der Waals surface area contributed by atoms with Crippen LogP contribution in [0, 0.1) is 11.3 Å². The minimum Gasteiger partial charge on any atom is -0.493 e. The number of esters is 1. The first kappa shape index (κ1) is 15.3. The molecule has 0 aliphatic carbocycles. The number of aromatic amines is 1. The molecule has 8 nitrogen and oxygen atoms in total. The van der Waals surface area contributed by atoms with Crippen molar-refractivity contribution < 1.29 is 19.0 Å². The Morgan fingerprint density at radius 2 is 2.18 bits per heavy atom. The number of nitriles is 1. The van der Waals surface area contributed by atoms with E-state index >= 15 is 0 Å². The van der Waals surface area contributed by atoms with Gasteiger partial charge in [-0.05, 0) is 25.1 Å². The minimum absolute atomic E-state index is 0.0895. The van der Waals surface area contributed by atoms with Gasteiger partial charge in [0, 0.05) is 5.56 Å². The van der Waals surface area contributed by atoms with Gasteiger partial charge in [0.25, 0.3) is 0 Å². The van der Waals surface area contributed by atoms with Gasteiger partial charge in [-0.15, -0.1) is 5.10 Å². The average molecular weight is 302 g/mol. The monoisotopic (exact) mass is 302 g/mol. The van der Waals surface area contributed by atoms with E-state index in [1.165, 1.54) is 7.11 Å². The van der Waals surface area contributed by atoms with Crippen molar-refractivity contribution in [2.24, 2.45) is 0 Å². The van der Waals surface area contributed by atoms with Gasteiger partial charge < -0.3 is 14.2 Å². The number of nitrogens with one attached hydrogen (secondary N) is 1. The van der Waals surface area contributed by atoms with E-state index in [1.54, 1.807) is 25.1 Å². The molecule has 0 unspecified atom stereocenters. The van der Waals surface area contributed by atoms with Gasteiger partial charge in [0.05, 0.1) is 13.7 Å². The highest BCUT2D eigenvalue weighted by Crippen LogP contribution is 2.32. The molecule has 0 fully saturated rings. The molecule has 114 valence electrons. The third-order valence-electron chi connectivity index (χ3n) is 2.75. The number of benzene rings is 1. The predicted molar refractivity (Wildman–Crippen MR) is 75.4 cm³/mol. The highest BCUT2D eigenvalue weighted by molar-refractivity contribution is 5.94. The topological polar surface area (TPSA) is 110 Å². The van der Waals surface area contributed by atoms with Crippen LogP contribution in [-0.4, -0.2) is 41.7 Å². The number of nitrogens with zero attached hydrogens (tertiary/aromatic N) is 3. The van der Waals surface area contributed by atoms with Gasteiger partial charge in [0.2, 0.25) is 0 Å². The SMILES string of the molecule is CCOC(=O)c1n[nH]nc1-c1ccc(OCC#N)c(OC)c1. The molecule has 22 heavy (non-hydrogen) atoms. The van der Waals surface area contributed by atoms with Crippen molar-refractivity contribution in [2.75, 3.05) is 20.3 Å². The summed E-state index contributed by atoms with van der Waals surface area (Å²) in [6, 6.07) is 6.85. The lowest BCUT2D eigenvalue weighted by Crippen LogP contribution is -2.06. The fourth-order valence-electron chi connectivity index (χ4n) is 1.82. The van der Waals surface area contributed by atoms with Crippen molar-refractivity contribution in [2.45, 2.75) is 6.92 Å². The Labute approximate surface area is 126 Å². The van der Waals surface area contributed by atoms with Crippen LogP contribution in [-0.2, 0) is 4.74 Å². The Morgan fingerprint density at radius 1 is 1.36 bits per heavy atom. The third kappa shape index (κ3) is 3.15. The Hall–Kier alpha value is -3.08. The second kappa shape index (κ2) is 7.08. The maximum absolute atomic E-state index is 11.8. The van der Waals surface area contributed by atoms with Crippen LogP contribution in [0.5, 0.6) is 11.5 Å². The number of ether oxygens (including phenoxy) is 3. The van der Waals surface area contributed by atoms with Crippen LogP contribution in [0.3, 0.4) is 0 Å². The standard InChI is InChI=1S/C14H14N4O4/c1-3-21-14(19)13-12(16-18-17-13)9-4-5-10(22-7-6-15)11(8-9)20-2/h4-5,8H,3,7H2,1-2H3,(H,16,17,18). The van der Waals surface area contributed by atoms with E-state index in [-0.39, 0.29) is 18.9 Å². The van der Waals surface area contributed by atoms with Crippen molar-refractivity contribution >= 4 is 5.97 Å². The van der Waals surface area contributed by atoms with Gasteiger partial charge in [0.1, 0.15) is 11.8 Å². The molecule has 0 radical (unpaired) electrons. The average Bonchev–Trinajstić information content (AvgIpc) is 3.02. The summed E-state index contributed by atoms with van der Waals surface area (Å²) in [4.78, 5) is 11.8. The molecule has 0 aliphatic rings. The number of rotatable bonds is 6. The summed E-state index contributed by atoms with van der Waals surface area (Å²) in [6.07, 6.45) is 0. The molecule has 0 amide bonds. The van der Waals surface area contributed by atoms with E-state index in [0.717, 1.165) is 0 Å². The van der Waals surface area contributed by atoms with Crippen molar-refractivity contribution in [3.63, 3.8) is 0 Å². The van der Waals surface area contributed by atoms with Crippen LogP contribution in [0.4, 0.5) is 0 Å². The van der Waals surface area contributed by atoms with E-state index in [2.05, 4.69) is 15.4 Å². The maximum Gasteiger partial charge on any atom is 0.361 e. The summed E-state index contributed by atoms with van der Waals surface area (Å²) < 4.78 is 15.4. The summed E-state index contributed by atoms with van der Waals surface area (Å²) in [5.74, 6) is 0.287. The zero-order valence-corrected chi connectivity index (χ0v) is 12.1. The molecule has 0 bridgehead atoms. The molecule has 1 heterocycles. The molecule has 1 aromatic heterocycles. The predicted octanol–water partition coefficient (Wildman–Crippen LogP) is 1.56. The van der Waals surface area contributed by atoms with E-state index in [1.807, 2.05) is 6.07 Å². The van der Waals surface area contributed by atoms with Gasteiger partial charge in [-0.25, -0.2) is 4.79 Å². The first-order valence-corrected chi connectivity index (χ1v) is 6.47. The molecular weight excluding hydrogens is 288 g/mol. The largest absolute Gasteiger partial charge is 0.493 e. The van der Waals surface area contributed by atoms with Gasteiger partial charge in [-0.3, -0.25) is 0 Å². The van der Waals surface area contributed by atoms with Crippen LogP contribution in [0.15, 0.2) is 18.2 Å². The summed E-state index contributed by atoms with van der Waals surface area (Å²) >= 11 is 0. The van der Waals surface area contributed by atoms with Gasteiger partial charge in [0.15, 0.2) is 23.8 Å². The van der Waals surface area contributed by atoms with Crippen LogP contribution in [0.1, 0.15) is 17.4 Å². The quantitative estimate of drug-likeness (QED) is 0.806. The molecule has 0 aliphatic heterocycles. The second-order valence-corrected chi connectivity index (χ2v) is 4.05. The van der Waals surface area contributed by atoms with Crippen LogP contribution in [0.2, 0.25) is 0 Å². The van der Waals surface area contributed by atoms with Crippen LogP contribution < -0.4 is 9.47 Å². The number of hydrogen-bond donors (Lipinski definition) is 1. The number of methoxy groups -OCH3 is 1. The second-order valence-electron chi connectivity index (χ2n) is 4.05. The van der Waals surface area contributed by atoms with E-state index in [9.17, 15) is 4.79 Å². The molecule has 1 N–H and O–H groups in total. The number of H-pyrrole nitrogens is 1. The number of hydrogen-bond acceptors (Lipinski definition) is 7. The molecule has 2 rings (SSSR count). The lowest BCUT2D eigenvalue weighted by atomic mass is 10.1. The molecule has 0 saturated carbocycles. The highest BCUT2D eigenvalue weighted by Gasteiger charge is 2.20. The van der Waals surface area contributed by atoms with Crippen molar-refractivity contribution in [1.29, 1.82) is 5.26 Å². The van der Waals surface area contributed by atoms with Gasteiger partial charge >= 0.3 is 5.97 Å². The van der Waals surface area contributed by atoms with E-state index < -0.39 is 5.97 Å². The molecular formula is C14H14N4O4. The van der Waals surface area contributed by atoms with Gasteiger partial charge in [-0.1, -0.05) is 0 Å². The molecule has 2 aromatic rings. The highest BCUT2D eigenvalue weighted by atomic mass is 16.5. The normalized spacial score (nSPS) is 9.86. The van der Waals surface area contributed by atoms with E-state index in [0.29, 0.717) is 22.8 Å². The number of aromatic nitrogens is 3. The Balaban J connectivity index is 2.36. The van der Waals surface area contributed by atoms with Crippen molar-refractivity contribution in [3.05, 3.63) is 23.9 Å². The zero-order valence-electron chi connectivity index (χ0n) is 12.1. The van der Waals surface area contributed by atoms with E-state index in [4.69, 9.17) is 19.5 Å². The van der Waals surface area contributed by atoms with Crippen molar-refractivity contribution in [1.82, 2.24) is 15.4 Å². The Kier molecular flexibility index (Phi) is 4.93. The first-order valence-electron chi connectivity index (χ1n) is 6.47.